The van der Waals surface area contributed by atoms with Crippen LogP contribution in [0.4, 0.5) is 10.6 Å². The van der Waals surface area contributed by atoms with Crippen molar-refractivity contribution in [2.24, 2.45) is 0 Å². The van der Waals surface area contributed by atoms with Crippen molar-refractivity contribution in [3.8, 4) is 0 Å². The molecule has 2 amide bonds. The first-order valence-corrected chi connectivity index (χ1v) is 8.38. The lowest BCUT2D eigenvalue weighted by Crippen LogP contribution is -2.42. The monoisotopic (exact) mass is 317 g/mol. The standard InChI is InChI=1S/C16H23N5O2/c1-11-2-5-14(20-19-11)17-13-8-16(23-9-13)6-7-21(10-16)15(22)18-12-3-4-12/h2,5,12-13H,3-4,6-10H2,1H3,(H,17,20)(H,18,22). The number of anilines is 1. The molecular weight excluding hydrogens is 294 g/mol. The lowest BCUT2D eigenvalue weighted by molar-refractivity contribution is 0.0150. The quantitative estimate of drug-likeness (QED) is 0.878. The van der Waals surface area contributed by atoms with Crippen LogP contribution in [0.15, 0.2) is 12.1 Å². The fourth-order valence-electron chi connectivity index (χ4n) is 3.42. The lowest BCUT2D eigenvalue weighted by atomic mass is 9.97. The molecule has 2 N–H and O–H groups in total. The molecule has 2 saturated heterocycles. The number of likely N-dealkylation sites (tertiary alicyclic amines) is 1. The van der Waals surface area contributed by atoms with Gasteiger partial charge < -0.3 is 20.3 Å². The minimum Gasteiger partial charge on any atom is -0.371 e. The molecule has 0 radical (unpaired) electrons. The second-order valence-electron chi connectivity index (χ2n) is 6.99. The second-order valence-corrected chi connectivity index (χ2v) is 6.99. The van der Waals surface area contributed by atoms with Crippen LogP contribution in [-0.4, -0.2) is 58.5 Å². The summed E-state index contributed by atoms with van der Waals surface area (Å²) in [5.41, 5.74) is 0.708. The van der Waals surface area contributed by atoms with Crippen molar-refractivity contribution in [1.29, 1.82) is 0 Å². The Labute approximate surface area is 135 Å². The molecule has 7 heteroatoms. The molecular formula is C16H23N5O2. The van der Waals surface area contributed by atoms with Gasteiger partial charge in [-0.1, -0.05) is 0 Å². The maximum atomic E-state index is 12.2. The molecule has 23 heavy (non-hydrogen) atoms. The molecule has 0 bridgehead atoms. The summed E-state index contributed by atoms with van der Waals surface area (Å²) in [7, 11) is 0. The zero-order valence-corrected chi connectivity index (χ0v) is 13.4. The van der Waals surface area contributed by atoms with Gasteiger partial charge >= 0.3 is 6.03 Å². The smallest absolute Gasteiger partial charge is 0.317 e. The van der Waals surface area contributed by atoms with Crippen LogP contribution in [0.1, 0.15) is 31.4 Å². The van der Waals surface area contributed by atoms with Crippen molar-refractivity contribution in [1.82, 2.24) is 20.4 Å². The van der Waals surface area contributed by atoms with Crippen molar-refractivity contribution in [2.45, 2.75) is 50.3 Å². The van der Waals surface area contributed by atoms with E-state index in [1.165, 1.54) is 0 Å². The van der Waals surface area contributed by atoms with Crippen molar-refractivity contribution in [2.75, 3.05) is 25.0 Å². The summed E-state index contributed by atoms with van der Waals surface area (Å²) in [6.45, 7) is 4.02. The van der Waals surface area contributed by atoms with Gasteiger partial charge in [0.25, 0.3) is 0 Å². The number of carbonyl (C=O) groups excluding carboxylic acids is 1. The first kappa shape index (κ1) is 14.7. The Morgan fingerprint density at radius 3 is 2.96 bits per heavy atom. The van der Waals surface area contributed by atoms with E-state index < -0.39 is 0 Å². The number of aromatic nitrogens is 2. The highest BCUT2D eigenvalue weighted by Gasteiger charge is 2.47. The highest BCUT2D eigenvalue weighted by atomic mass is 16.5. The molecule has 3 aliphatic rings. The van der Waals surface area contributed by atoms with Gasteiger partial charge in [0.15, 0.2) is 0 Å². The Morgan fingerprint density at radius 1 is 1.35 bits per heavy atom. The molecule has 3 fully saturated rings. The highest BCUT2D eigenvalue weighted by Crippen LogP contribution is 2.36. The van der Waals surface area contributed by atoms with Gasteiger partial charge in [0.1, 0.15) is 5.82 Å². The van der Waals surface area contributed by atoms with Gasteiger partial charge in [-0.2, -0.15) is 5.10 Å². The maximum Gasteiger partial charge on any atom is 0.317 e. The average molecular weight is 317 g/mol. The summed E-state index contributed by atoms with van der Waals surface area (Å²) in [4.78, 5) is 14.1. The lowest BCUT2D eigenvalue weighted by Gasteiger charge is -2.23. The van der Waals surface area contributed by atoms with Crippen molar-refractivity contribution in [3.05, 3.63) is 17.8 Å². The van der Waals surface area contributed by atoms with Crippen molar-refractivity contribution in [3.63, 3.8) is 0 Å². The fourth-order valence-corrected chi connectivity index (χ4v) is 3.42. The van der Waals surface area contributed by atoms with Gasteiger partial charge in [-0.3, -0.25) is 0 Å². The third-order valence-corrected chi connectivity index (χ3v) is 4.87. The summed E-state index contributed by atoms with van der Waals surface area (Å²) in [5, 5.41) is 14.7. The van der Waals surface area contributed by atoms with Crippen LogP contribution < -0.4 is 10.6 Å². The molecule has 1 aromatic rings. The topological polar surface area (TPSA) is 79.4 Å². The van der Waals surface area contributed by atoms with E-state index in [0.29, 0.717) is 19.2 Å². The minimum absolute atomic E-state index is 0.0637. The van der Waals surface area contributed by atoms with E-state index in [9.17, 15) is 4.79 Å². The number of carbonyl (C=O) groups is 1. The van der Waals surface area contributed by atoms with Gasteiger partial charge in [0.05, 0.1) is 30.5 Å². The van der Waals surface area contributed by atoms with Crippen LogP contribution in [0.2, 0.25) is 0 Å². The Morgan fingerprint density at radius 2 is 2.22 bits per heavy atom. The van der Waals surface area contributed by atoms with E-state index in [0.717, 1.165) is 43.7 Å². The van der Waals surface area contributed by atoms with Crippen molar-refractivity contribution >= 4 is 11.8 Å². The number of nitrogens with one attached hydrogen (secondary N) is 2. The maximum absolute atomic E-state index is 12.2. The van der Waals surface area contributed by atoms with Crippen LogP contribution in [0.3, 0.4) is 0 Å². The average Bonchev–Trinajstić information content (AvgIpc) is 3.12. The Balaban J connectivity index is 1.32. The molecule has 7 nitrogen and oxygen atoms in total. The van der Waals surface area contributed by atoms with Crippen LogP contribution >= 0.6 is 0 Å². The van der Waals surface area contributed by atoms with Gasteiger partial charge in [0.2, 0.25) is 0 Å². The number of hydrogen-bond donors (Lipinski definition) is 2. The third-order valence-electron chi connectivity index (χ3n) is 4.87. The molecule has 2 atom stereocenters. The summed E-state index contributed by atoms with van der Waals surface area (Å²) in [5.74, 6) is 0.780. The summed E-state index contributed by atoms with van der Waals surface area (Å²) in [6, 6.07) is 4.57. The predicted molar refractivity (Wildman–Crippen MR) is 85.2 cm³/mol. The van der Waals surface area contributed by atoms with E-state index in [1.54, 1.807) is 0 Å². The molecule has 1 spiro atoms. The predicted octanol–water partition coefficient (Wildman–Crippen LogP) is 1.30. The molecule has 2 aliphatic heterocycles. The molecule has 3 heterocycles. The van der Waals surface area contributed by atoms with Gasteiger partial charge in [0, 0.05) is 19.0 Å². The largest absolute Gasteiger partial charge is 0.371 e. The molecule has 1 aliphatic carbocycles. The summed E-state index contributed by atoms with van der Waals surface area (Å²) in [6.07, 6.45) is 4.04. The number of amides is 2. The normalized spacial score (nSPS) is 30.0. The van der Waals surface area contributed by atoms with E-state index in [4.69, 9.17) is 4.74 Å². The molecule has 1 saturated carbocycles. The minimum atomic E-state index is -0.198. The highest BCUT2D eigenvalue weighted by molar-refractivity contribution is 5.75. The van der Waals surface area contributed by atoms with E-state index in [2.05, 4.69) is 20.8 Å². The summed E-state index contributed by atoms with van der Waals surface area (Å²) < 4.78 is 6.08. The second kappa shape index (κ2) is 5.63. The van der Waals surface area contributed by atoms with Crippen LogP contribution in [0.5, 0.6) is 0 Å². The molecule has 2 unspecified atom stereocenters. The number of rotatable bonds is 3. The summed E-state index contributed by atoms with van der Waals surface area (Å²) >= 11 is 0. The third kappa shape index (κ3) is 3.24. The molecule has 4 rings (SSSR count). The van der Waals surface area contributed by atoms with E-state index in [1.807, 2.05) is 24.0 Å². The number of ether oxygens (including phenoxy) is 1. The van der Waals surface area contributed by atoms with Crippen molar-refractivity contribution < 1.29 is 9.53 Å². The van der Waals surface area contributed by atoms with Crippen LogP contribution in [0.25, 0.3) is 0 Å². The zero-order chi connectivity index (χ0) is 15.9. The van der Waals surface area contributed by atoms with E-state index >= 15 is 0 Å². The van der Waals surface area contributed by atoms with Gasteiger partial charge in [-0.05, 0) is 38.3 Å². The molecule has 1 aromatic heterocycles. The zero-order valence-electron chi connectivity index (χ0n) is 13.4. The Kier molecular flexibility index (Phi) is 3.60. The number of nitrogens with zero attached hydrogens (tertiary/aromatic N) is 3. The first-order chi connectivity index (χ1) is 11.1. The van der Waals surface area contributed by atoms with Gasteiger partial charge in [-0.15, -0.1) is 5.10 Å². The number of urea groups is 1. The fraction of sp³-hybridized carbons (Fsp3) is 0.688. The van der Waals surface area contributed by atoms with E-state index in [-0.39, 0.29) is 17.7 Å². The molecule has 124 valence electrons. The SMILES string of the molecule is Cc1ccc(NC2COC3(CCN(C(=O)NC4CC4)C3)C2)nn1. The molecule has 0 aromatic carbocycles. The number of aryl methyl sites for hydroxylation is 1. The first-order valence-electron chi connectivity index (χ1n) is 8.38. The van der Waals surface area contributed by atoms with Crippen LogP contribution in [0, 0.1) is 6.92 Å². The Hall–Kier alpha value is -1.89. The Bertz CT molecular complexity index is 589. The van der Waals surface area contributed by atoms with Gasteiger partial charge in [-0.25, -0.2) is 4.79 Å². The van der Waals surface area contributed by atoms with Crippen LogP contribution in [-0.2, 0) is 4.74 Å². The number of hydrogen-bond acceptors (Lipinski definition) is 5.